The van der Waals surface area contributed by atoms with Crippen molar-refractivity contribution < 1.29 is 4.79 Å². The minimum atomic E-state index is -0.549. The molecule has 1 heterocycles. The second kappa shape index (κ2) is 4.78. The van der Waals surface area contributed by atoms with Crippen LogP contribution in [0.1, 0.15) is 31.7 Å². The summed E-state index contributed by atoms with van der Waals surface area (Å²) in [5, 5.41) is 11.8. The third kappa shape index (κ3) is 4.07. The van der Waals surface area contributed by atoms with Gasteiger partial charge in [0.25, 0.3) is 0 Å². The average molecular weight is 233 g/mol. The van der Waals surface area contributed by atoms with Gasteiger partial charge in [-0.25, -0.2) is 9.97 Å². The van der Waals surface area contributed by atoms with Crippen molar-refractivity contribution in [1.29, 1.82) is 5.26 Å². The van der Waals surface area contributed by atoms with Gasteiger partial charge in [0.05, 0.1) is 0 Å². The first-order chi connectivity index (χ1) is 7.82. The molecule has 0 saturated carbocycles. The Balaban J connectivity index is 2.91. The van der Waals surface area contributed by atoms with Crippen LogP contribution >= 0.6 is 0 Å². The number of hydrogen-bond donors (Lipinski definition) is 2. The molecular formula is C11H15N5O. The highest BCUT2D eigenvalue weighted by molar-refractivity contribution is 5.75. The molecule has 3 N–H and O–H groups in total. The molecule has 0 aliphatic carbocycles. The quantitative estimate of drug-likeness (QED) is 0.797. The van der Waals surface area contributed by atoms with Gasteiger partial charge in [-0.15, -0.1) is 0 Å². The van der Waals surface area contributed by atoms with E-state index in [0.29, 0.717) is 11.6 Å². The molecule has 17 heavy (non-hydrogen) atoms. The van der Waals surface area contributed by atoms with E-state index in [1.807, 2.05) is 19.9 Å². The Morgan fingerprint density at radius 1 is 1.59 bits per heavy atom. The van der Waals surface area contributed by atoms with E-state index in [1.54, 1.807) is 13.0 Å². The Hall–Kier alpha value is -2.16. The van der Waals surface area contributed by atoms with E-state index in [9.17, 15) is 4.79 Å². The lowest BCUT2D eigenvalue weighted by Gasteiger charge is -2.24. The molecule has 0 fully saturated rings. The van der Waals surface area contributed by atoms with Crippen molar-refractivity contribution >= 4 is 11.9 Å². The van der Waals surface area contributed by atoms with E-state index in [1.165, 1.54) is 0 Å². The molecule has 90 valence electrons. The summed E-state index contributed by atoms with van der Waals surface area (Å²) in [5.74, 6) is -0.0801. The zero-order chi connectivity index (χ0) is 13.1. The highest BCUT2D eigenvalue weighted by atomic mass is 16.1. The number of nitrogens with one attached hydrogen (secondary N) is 1. The van der Waals surface area contributed by atoms with Crippen LogP contribution in [0, 0.1) is 18.3 Å². The van der Waals surface area contributed by atoms with Crippen LogP contribution in [-0.2, 0) is 4.79 Å². The molecule has 0 atom stereocenters. The lowest BCUT2D eigenvalue weighted by atomic mass is 10.0. The van der Waals surface area contributed by atoms with Gasteiger partial charge in [0, 0.05) is 17.7 Å². The van der Waals surface area contributed by atoms with Gasteiger partial charge >= 0.3 is 0 Å². The molecule has 6 heteroatoms. The van der Waals surface area contributed by atoms with Gasteiger partial charge < -0.3 is 11.1 Å². The van der Waals surface area contributed by atoms with Crippen LogP contribution in [0.3, 0.4) is 0 Å². The number of nitrogens with zero attached hydrogens (tertiary/aromatic N) is 3. The minimum absolute atomic E-state index is 0.159. The molecule has 0 saturated heterocycles. The number of rotatable bonds is 4. The molecule has 0 bridgehead atoms. The van der Waals surface area contributed by atoms with Crippen LogP contribution in [0.15, 0.2) is 6.07 Å². The largest absolute Gasteiger partial charge is 0.370 e. The maximum Gasteiger partial charge on any atom is 0.224 e. The van der Waals surface area contributed by atoms with Gasteiger partial charge in [-0.2, -0.15) is 5.26 Å². The number of hydrogen-bond acceptors (Lipinski definition) is 5. The number of primary amides is 1. The van der Waals surface area contributed by atoms with Gasteiger partial charge in [-0.3, -0.25) is 4.79 Å². The number of anilines is 1. The SMILES string of the molecule is Cc1cc(C#N)nc(NC(C)(C)CC(N)=O)n1. The van der Waals surface area contributed by atoms with Gasteiger partial charge in [0.15, 0.2) is 0 Å². The van der Waals surface area contributed by atoms with E-state index in [4.69, 9.17) is 11.0 Å². The van der Waals surface area contributed by atoms with Crippen LogP contribution in [0.4, 0.5) is 5.95 Å². The van der Waals surface area contributed by atoms with Crippen LogP contribution in [0.25, 0.3) is 0 Å². The van der Waals surface area contributed by atoms with Crippen molar-refractivity contribution in [2.45, 2.75) is 32.7 Å². The summed E-state index contributed by atoms with van der Waals surface area (Å²) in [4.78, 5) is 19.0. The molecule has 6 nitrogen and oxygen atoms in total. The summed E-state index contributed by atoms with van der Waals surface area (Å²) in [6, 6.07) is 3.54. The number of aryl methyl sites for hydroxylation is 1. The van der Waals surface area contributed by atoms with Gasteiger partial charge in [0.1, 0.15) is 11.8 Å². The lowest BCUT2D eigenvalue weighted by molar-refractivity contribution is -0.118. The molecule has 0 aromatic carbocycles. The molecule has 1 rings (SSSR count). The predicted molar refractivity (Wildman–Crippen MR) is 63.0 cm³/mol. The summed E-state index contributed by atoms with van der Waals surface area (Å²) in [7, 11) is 0. The Labute approximate surface area is 99.9 Å². The third-order valence-corrected chi connectivity index (χ3v) is 2.04. The number of carbonyl (C=O) groups is 1. The van der Waals surface area contributed by atoms with Crippen molar-refractivity contribution in [3.05, 3.63) is 17.5 Å². The third-order valence-electron chi connectivity index (χ3n) is 2.04. The zero-order valence-electron chi connectivity index (χ0n) is 10.1. The van der Waals surface area contributed by atoms with Crippen LogP contribution < -0.4 is 11.1 Å². The second-order valence-corrected chi connectivity index (χ2v) is 4.48. The molecule has 0 spiro atoms. The molecule has 0 radical (unpaired) electrons. The van der Waals surface area contributed by atoms with Crippen molar-refractivity contribution in [3.8, 4) is 6.07 Å². The summed E-state index contributed by atoms with van der Waals surface area (Å²) in [5.41, 5.74) is 5.57. The van der Waals surface area contributed by atoms with Crippen LogP contribution in [-0.4, -0.2) is 21.4 Å². The van der Waals surface area contributed by atoms with Gasteiger partial charge in [-0.05, 0) is 26.8 Å². The van der Waals surface area contributed by atoms with Crippen molar-refractivity contribution in [1.82, 2.24) is 9.97 Å². The Bertz CT molecular complexity index is 475. The second-order valence-electron chi connectivity index (χ2n) is 4.48. The molecule has 1 amide bonds. The molecule has 1 aromatic heterocycles. The number of aromatic nitrogens is 2. The average Bonchev–Trinajstić information content (AvgIpc) is 2.13. The van der Waals surface area contributed by atoms with Crippen molar-refractivity contribution in [2.75, 3.05) is 5.32 Å². The fourth-order valence-electron chi connectivity index (χ4n) is 1.46. The Morgan fingerprint density at radius 2 is 2.24 bits per heavy atom. The lowest BCUT2D eigenvalue weighted by Crippen LogP contribution is -2.36. The number of carbonyl (C=O) groups excluding carboxylic acids is 1. The first kappa shape index (κ1) is 12.9. The number of nitrogens with two attached hydrogens (primary N) is 1. The smallest absolute Gasteiger partial charge is 0.224 e. The maximum atomic E-state index is 10.9. The normalized spacial score (nSPS) is 10.7. The van der Waals surface area contributed by atoms with E-state index in [0.717, 1.165) is 0 Å². The topological polar surface area (TPSA) is 105 Å². The first-order valence-corrected chi connectivity index (χ1v) is 5.15. The zero-order valence-corrected chi connectivity index (χ0v) is 10.1. The summed E-state index contributed by atoms with van der Waals surface area (Å²) < 4.78 is 0. The molecule has 1 aromatic rings. The van der Waals surface area contributed by atoms with Crippen molar-refractivity contribution in [3.63, 3.8) is 0 Å². The summed E-state index contributed by atoms with van der Waals surface area (Å²) in [6.45, 7) is 5.40. The number of nitriles is 1. The minimum Gasteiger partial charge on any atom is -0.370 e. The van der Waals surface area contributed by atoms with E-state index in [2.05, 4.69) is 15.3 Å². The fourth-order valence-corrected chi connectivity index (χ4v) is 1.46. The molecule has 0 aliphatic rings. The molecule has 0 unspecified atom stereocenters. The van der Waals surface area contributed by atoms with E-state index >= 15 is 0 Å². The summed E-state index contributed by atoms with van der Waals surface area (Å²) >= 11 is 0. The highest BCUT2D eigenvalue weighted by Crippen LogP contribution is 2.15. The highest BCUT2D eigenvalue weighted by Gasteiger charge is 2.21. The predicted octanol–water partition coefficient (Wildman–Crippen LogP) is 0.723. The molecule has 0 aliphatic heterocycles. The number of amides is 1. The van der Waals surface area contributed by atoms with Gasteiger partial charge in [-0.1, -0.05) is 0 Å². The fraction of sp³-hybridized carbons (Fsp3) is 0.455. The molecular weight excluding hydrogens is 218 g/mol. The van der Waals surface area contributed by atoms with Crippen LogP contribution in [0.5, 0.6) is 0 Å². The monoisotopic (exact) mass is 233 g/mol. The van der Waals surface area contributed by atoms with E-state index < -0.39 is 11.4 Å². The Kier molecular flexibility index (Phi) is 3.63. The van der Waals surface area contributed by atoms with E-state index in [-0.39, 0.29) is 12.1 Å². The summed E-state index contributed by atoms with van der Waals surface area (Å²) in [6.07, 6.45) is 0.159. The first-order valence-electron chi connectivity index (χ1n) is 5.15. The van der Waals surface area contributed by atoms with Crippen LogP contribution in [0.2, 0.25) is 0 Å². The Morgan fingerprint density at radius 3 is 2.76 bits per heavy atom. The standard InChI is InChI=1S/C11H15N5O/c1-7-4-8(6-12)15-10(14-7)16-11(2,3)5-9(13)17/h4H,5H2,1-3H3,(H2,13,17)(H,14,15,16). The van der Waals surface area contributed by atoms with Gasteiger partial charge in [0.2, 0.25) is 11.9 Å². The maximum absolute atomic E-state index is 10.9. The van der Waals surface area contributed by atoms with Crippen molar-refractivity contribution in [2.24, 2.45) is 5.73 Å².